The summed E-state index contributed by atoms with van der Waals surface area (Å²) in [6.07, 6.45) is 2.70. The van der Waals surface area contributed by atoms with Crippen LogP contribution in [-0.4, -0.2) is 13.1 Å². The topological polar surface area (TPSA) is 20.2 Å². The molecule has 0 spiro atoms. The van der Waals surface area contributed by atoms with Crippen LogP contribution in [0.1, 0.15) is 20.3 Å². The molecule has 0 bridgehead atoms. The normalized spacial score (nSPS) is 12.2. The van der Waals surface area contributed by atoms with E-state index < -0.39 is 8.32 Å². The van der Waals surface area contributed by atoms with Crippen molar-refractivity contribution < 1.29 is 4.80 Å². The zero-order valence-electron chi connectivity index (χ0n) is 12.2. The van der Waals surface area contributed by atoms with Gasteiger partial charge < -0.3 is 4.80 Å². The van der Waals surface area contributed by atoms with E-state index in [1.807, 2.05) is 66.7 Å². The number of hydrogen-bond acceptors (Lipinski definition) is 1. The van der Waals surface area contributed by atoms with Gasteiger partial charge in [0.25, 0.3) is 8.32 Å². The van der Waals surface area contributed by atoms with Gasteiger partial charge >= 0.3 is 0 Å². The number of hydrogen-bond donors (Lipinski definition) is 1. The van der Waals surface area contributed by atoms with Crippen LogP contribution in [0.3, 0.4) is 0 Å². The summed E-state index contributed by atoms with van der Waals surface area (Å²) in [5, 5.41) is 1.90. The molecule has 0 unspecified atom stereocenters. The second-order valence-corrected chi connectivity index (χ2v) is 9.75. The van der Waals surface area contributed by atoms with Crippen LogP contribution < -0.4 is 10.4 Å². The van der Waals surface area contributed by atoms with Crippen LogP contribution in [0.5, 0.6) is 0 Å². The summed E-state index contributed by atoms with van der Waals surface area (Å²) < 4.78 is 0. The van der Waals surface area contributed by atoms with Gasteiger partial charge in [-0.25, -0.2) is 0 Å². The van der Waals surface area contributed by atoms with E-state index in [1.165, 1.54) is 0 Å². The van der Waals surface area contributed by atoms with Gasteiger partial charge in [0.05, 0.1) is 0 Å². The lowest BCUT2D eigenvalue weighted by Crippen LogP contribution is -2.65. The molecule has 2 rings (SSSR count). The maximum absolute atomic E-state index is 11.7. The highest BCUT2D eigenvalue weighted by Gasteiger charge is 2.49. The molecular weight excluding hydrogens is 260 g/mol. The summed E-state index contributed by atoms with van der Waals surface area (Å²) in [6, 6.07) is 20.2. The van der Waals surface area contributed by atoms with Crippen molar-refractivity contribution in [3.05, 3.63) is 73.3 Å². The molecule has 0 aliphatic heterocycles. The van der Waals surface area contributed by atoms with Crippen LogP contribution in [0.25, 0.3) is 0 Å². The molecule has 1 nitrogen and oxygen atoms in total. The first-order valence-corrected chi connectivity index (χ1v) is 8.91. The predicted octanol–water partition coefficient (Wildman–Crippen LogP) is 3.09. The highest BCUT2D eigenvalue weighted by molar-refractivity contribution is 6.98. The van der Waals surface area contributed by atoms with Crippen molar-refractivity contribution >= 4 is 18.7 Å². The SMILES string of the molecule is C=CCC(C)(C)[Si](O)(c1ccccc1)c1ccccc1. The van der Waals surface area contributed by atoms with Gasteiger partial charge in [0, 0.05) is 0 Å². The van der Waals surface area contributed by atoms with Gasteiger partial charge in [0.1, 0.15) is 0 Å². The van der Waals surface area contributed by atoms with Crippen molar-refractivity contribution in [3.63, 3.8) is 0 Å². The Kier molecular flexibility index (Phi) is 4.26. The summed E-state index contributed by atoms with van der Waals surface area (Å²) in [6.45, 7) is 8.14. The van der Waals surface area contributed by atoms with Gasteiger partial charge in [0.15, 0.2) is 0 Å². The summed E-state index contributed by atoms with van der Waals surface area (Å²) in [5.74, 6) is 0. The first-order valence-electron chi connectivity index (χ1n) is 6.97. The molecule has 0 radical (unpaired) electrons. The fourth-order valence-corrected chi connectivity index (χ4v) is 6.50. The molecule has 0 aliphatic rings. The summed E-state index contributed by atoms with van der Waals surface area (Å²) in [7, 11) is -2.82. The highest BCUT2D eigenvalue weighted by atomic mass is 28.4. The Labute approximate surface area is 122 Å². The molecule has 2 heteroatoms. The van der Waals surface area contributed by atoms with Crippen LogP contribution >= 0.6 is 0 Å². The van der Waals surface area contributed by atoms with Crippen molar-refractivity contribution in [2.75, 3.05) is 0 Å². The summed E-state index contributed by atoms with van der Waals surface area (Å²) in [5.41, 5.74) is 0. The molecule has 2 aromatic rings. The Morgan fingerprint density at radius 2 is 1.35 bits per heavy atom. The fourth-order valence-electron chi connectivity index (χ4n) is 2.82. The van der Waals surface area contributed by atoms with Crippen LogP contribution in [0.2, 0.25) is 5.04 Å². The van der Waals surface area contributed by atoms with Crippen molar-refractivity contribution in [2.24, 2.45) is 0 Å². The van der Waals surface area contributed by atoms with E-state index in [0.717, 1.165) is 16.8 Å². The van der Waals surface area contributed by atoms with Crippen molar-refractivity contribution in [1.82, 2.24) is 0 Å². The lowest BCUT2D eigenvalue weighted by molar-refractivity contribution is 0.488. The van der Waals surface area contributed by atoms with E-state index in [9.17, 15) is 4.80 Å². The summed E-state index contributed by atoms with van der Waals surface area (Å²) >= 11 is 0. The van der Waals surface area contributed by atoms with Crippen molar-refractivity contribution in [3.8, 4) is 0 Å². The largest absolute Gasteiger partial charge is 0.424 e. The molecule has 0 fully saturated rings. The Balaban J connectivity index is 2.64. The number of rotatable bonds is 5. The minimum absolute atomic E-state index is 0.211. The van der Waals surface area contributed by atoms with Gasteiger partial charge in [-0.15, -0.1) is 6.58 Å². The highest BCUT2D eigenvalue weighted by Crippen LogP contribution is 2.38. The van der Waals surface area contributed by atoms with E-state index in [4.69, 9.17) is 0 Å². The molecule has 20 heavy (non-hydrogen) atoms. The molecule has 0 saturated heterocycles. The average molecular weight is 282 g/mol. The molecule has 0 heterocycles. The van der Waals surface area contributed by atoms with Gasteiger partial charge in [-0.1, -0.05) is 80.6 Å². The molecule has 0 aliphatic carbocycles. The molecule has 0 atom stereocenters. The average Bonchev–Trinajstić information content (AvgIpc) is 2.48. The standard InChI is InChI=1S/C18H22OSi/c1-4-15-18(2,3)20(19,16-11-7-5-8-12-16)17-13-9-6-10-14-17/h4-14,19H,1,15H2,2-3H3. The maximum atomic E-state index is 11.7. The molecule has 1 N–H and O–H groups in total. The zero-order chi connectivity index (χ0) is 14.6. The third-order valence-electron chi connectivity index (χ3n) is 4.02. The minimum Gasteiger partial charge on any atom is -0.424 e. The summed E-state index contributed by atoms with van der Waals surface area (Å²) in [4.78, 5) is 11.7. The quantitative estimate of drug-likeness (QED) is 0.660. The minimum atomic E-state index is -2.82. The molecule has 0 amide bonds. The Hall–Kier alpha value is -1.64. The zero-order valence-corrected chi connectivity index (χ0v) is 13.2. The van der Waals surface area contributed by atoms with Gasteiger partial charge in [-0.05, 0) is 21.8 Å². The third kappa shape index (κ3) is 2.49. The van der Waals surface area contributed by atoms with Gasteiger partial charge in [-0.3, -0.25) is 0 Å². The third-order valence-corrected chi connectivity index (χ3v) is 8.52. The van der Waals surface area contributed by atoms with Crippen LogP contribution in [0.15, 0.2) is 73.3 Å². The molecule has 0 saturated carbocycles. The van der Waals surface area contributed by atoms with E-state index in [2.05, 4.69) is 20.4 Å². The van der Waals surface area contributed by atoms with Crippen LogP contribution in [0.4, 0.5) is 0 Å². The smallest absolute Gasteiger partial charge is 0.258 e. The Morgan fingerprint density at radius 3 is 1.70 bits per heavy atom. The number of allylic oxidation sites excluding steroid dienone is 1. The first kappa shape index (κ1) is 14.8. The van der Waals surface area contributed by atoms with E-state index in [1.54, 1.807) is 0 Å². The predicted molar refractivity (Wildman–Crippen MR) is 89.0 cm³/mol. The fraction of sp³-hybridized carbons (Fsp3) is 0.222. The molecule has 104 valence electrons. The van der Waals surface area contributed by atoms with E-state index in [0.29, 0.717) is 0 Å². The maximum Gasteiger partial charge on any atom is 0.258 e. The first-order chi connectivity index (χ1) is 9.52. The second-order valence-electron chi connectivity index (χ2n) is 5.82. The molecule has 0 aromatic heterocycles. The lowest BCUT2D eigenvalue weighted by atomic mass is 10.1. The number of benzene rings is 2. The molecular formula is C18H22OSi. The lowest BCUT2D eigenvalue weighted by Gasteiger charge is -2.40. The van der Waals surface area contributed by atoms with Gasteiger partial charge in [-0.2, -0.15) is 0 Å². The Bertz CT molecular complexity index is 521. The van der Waals surface area contributed by atoms with E-state index >= 15 is 0 Å². The van der Waals surface area contributed by atoms with Crippen molar-refractivity contribution in [1.29, 1.82) is 0 Å². The monoisotopic (exact) mass is 282 g/mol. The second kappa shape index (κ2) is 5.78. The van der Waals surface area contributed by atoms with Crippen LogP contribution in [-0.2, 0) is 0 Å². The van der Waals surface area contributed by atoms with Crippen molar-refractivity contribution in [2.45, 2.75) is 25.3 Å². The van der Waals surface area contributed by atoms with E-state index in [-0.39, 0.29) is 5.04 Å². The Morgan fingerprint density at radius 1 is 0.950 bits per heavy atom. The van der Waals surface area contributed by atoms with Gasteiger partial charge in [0.2, 0.25) is 0 Å². The molecule has 2 aromatic carbocycles. The van der Waals surface area contributed by atoms with Crippen LogP contribution in [0, 0.1) is 0 Å².